The molecule has 1 aromatic rings. The monoisotopic (exact) mass is 228 g/mol. The summed E-state index contributed by atoms with van der Waals surface area (Å²) < 4.78 is 0. The van der Waals surface area contributed by atoms with Crippen molar-refractivity contribution in [1.82, 2.24) is 4.90 Å². The van der Waals surface area contributed by atoms with Gasteiger partial charge in [0.2, 0.25) is 0 Å². The summed E-state index contributed by atoms with van der Waals surface area (Å²) in [5.74, 6) is 0.231. The van der Waals surface area contributed by atoms with Crippen LogP contribution in [0.15, 0.2) is 18.2 Å². The van der Waals surface area contributed by atoms with E-state index < -0.39 is 0 Å². The van der Waals surface area contributed by atoms with Crippen molar-refractivity contribution in [3.63, 3.8) is 0 Å². The highest BCUT2D eigenvalue weighted by Crippen LogP contribution is 2.18. The number of benzene rings is 1. The van der Waals surface area contributed by atoms with Crippen molar-refractivity contribution in [2.45, 2.75) is 33.2 Å². The van der Waals surface area contributed by atoms with Crippen molar-refractivity contribution in [1.29, 1.82) is 5.26 Å². The summed E-state index contributed by atoms with van der Waals surface area (Å²) in [6, 6.07) is 9.11. The van der Waals surface area contributed by atoms with E-state index in [2.05, 4.69) is 43.0 Å². The molecule has 1 aliphatic heterocycles. The zero-order valence-corrected chi connectivity index (χ0v) is 10.7. The molecule has 0 saturated carbocycles. The van der Waals surface area contributed by atoms with Crippen LogP contribution in [-0.2, 0) is 6.54 Å². The van der Waals surface area contributed by atoms with Gasteiger partial charge in [0.15, 0.2) is 0 Å². The van der Waals surface area contributed by atoms with E-state index in [1.807, 2.05) is 0 Å². The number of nitriles is 1. The average Bonchev–Trinajstić information content (AvgIpc) is 2.28. The van der Waals surface area contributed by atoms with Gasteiger partial charge in [-0.05, 0) is 38.8 Å². The van der Waals surface area contributed by atoms with Crippen molar-refractivity contribution in [2.75, 3.05) is 13.1 Å². The molecule has 1 aromatic carbocycles. The lowest BCUT2D eigenvalue weighted by atomic mass is 9.98. The largest absolute Gasteiger partial charge is 0.298 e. The maximum atomic E-state index is 8.99. The highest BCUT2D eigenvalue weighted by atomic mass is 15.1. The summed E-state index contributed by atoms with van der Waals surface area (Å²) in [5, 5.41) is 8.99. The molecular formula is C15H20N2. The molecule has 0 radical (unpaired) electrons. The van der Waals surface area contributed by atoms with Crippen LogP contribution in [0, 0.1) is 31.1 Å². The van der Waals surface area contributed by atoms with E-state index in [-0.39, 0.29) is 5.92 Å². The van der Waals surface area contributed by atoms with Gasteiger partial charge in [0.05, 0.1) is 12.0 Å². The topological polar surface area (TPSA) is 27.0 Å². The van der Waals surface area contributed by atoms with Crippen molar-refractivity contribution < 1.29 is 0 Å². The van der Waals surface area contributed by atoms with E-state index in [9.17, 15) is 0 Å². The van der Waals surface area contributed by atoms with Gasteiger partial charge in [0.25, 0.3) is 0 Å². The first-order valence-electron chi connectivity index (χ1n) is 6.36. The summed E-state index contributed by atoms with van der Waals surface area (Å²) in [5.41, 5.74) is 4.03. The quantitative estimate of drug-likeness (QED) is 0.778. The van der Waals surface area contributed by atoms with Gasteiger partial charge >= 0.3 is 0 Å². The second-order valence-electron chi connectivity index (χ2n) is 5.20. The van der Waals surface area contributed by atoms with Gasteiger partial charge in [-0.25, -0.2) is 0 Å². The first-order chi connectivity index (χ1) is 8.17. The predicted molar refractivity (Wildman–Crippen MR) is 69.5 cm³/mol. The third-order valence-corrected chi connectivity index (χ3v) is 3.38. The number of rotatable bonds is 2. The number of hydrogen-bond donors (Lipinski definition) is 0. The lowest BCUT2D eigenvalue weighted by molar-refractivity contribution is 0.192. The van der Waals surface area contributed by atoms with Gasteiger partial charge in [-0.15, -0.1) is 0 Å². The van der Waals surface area contributed by atoms with Crippen molar-refractivity contribution >= 4 is 0 Å². The van der Waals surface area contributed by atoms with Crippen LogP contribution in [0.3, 0.4) is 0 Å². The fourth-order valence-corrected chi connectivity index (χ4v) is 2.72. The highest BCUT2D eigenvalue weighted by Gasteiger charge is 2.19. The van der Waals surface area contributed by atoms with Crippen LogP contribution in [0.5, 0.6) is 0 Å². The van der Waals surface area contributed by atoms with E-state index in [1.54, 1.807) is 0 Å². The van der Waals surface area contributed by atoms with E-state index in [4.69, 9.17) is 5.26 Å². The second kappa shape index (κ2) is 5.33. The van der Waals surface area contributed by atoms with E-state index in [0.717, 1.165) is 32.5 Å². The fourth-order valence-electron chi connectivity index (χ4n) is 2.72. The number of piperidine rings is 1. The molecule has 2 rings (SSSR count). The SMILES string of the molecule is Cc1cc(C)cc(CN2CCCC(C#N)C2)c1. The Labute approximate surface area is 104 Å². The van der Waals surface area contributed by atoms with Crippen molar-refractivity contribution in [3.8, 4) is 6.07 Å². The fraction of sp³-hybridized carbons (Fsp3) is 0.533. The van der Waals surface area contributed by atoms with Gasteiger partial charge in [-0.2, -0.15) is 5.26 Å². The summed E-state index contributed by atoms with van der Waals surface area (Å²) in [6.07, 6.45) is 2.23. The molecule has 0 amide bonds. The van der Waals surface area contributed by atoms with E-state index in [1.165, 1.54) is 16.7 Å². The van der Waals surface area contributed by atoms with Gasteiger partial charge in [0, 0.05) is 13.1 Å². The lowest BCUT2D eigenvalue weighted by Gasteiger charge is -2.29. The van der Waals surface area contributed by atoms with Gasteiger partial charge < -0.3 is 0 Å². The second-order valence-corrected chi connectivity index (χ2v) is 5.20. The number of likely N-dealkylation sites (tertiary alicyclic amines) is 1. The van der Waals surface area contributed by atoms with Crippen LogP contribution < -0.4 is 0 Å². The minimum atomic E-state index is 0.231. The Balaban J connectivity index is 2.03. The van der Waals surface area contributed by atoms with Gasteiger partial charge in [0.1, 0.15) is 0 Å². The minimum absolute atomic E-state index is 0.231. The molecule has 90 valence electrons. The third-order valence-electron chi connectivity index (χ3n) is 3.38. The molecule has 0 aromatic heterocycles. The molecule has 17 heavy (non-hydrogen) atoms. The normalized spacial score (nSPS) is 21.1. The Morgan fingerprint density at radius 3 is 2.65 bits per heavy atom. The lowest BCUT2D eigenvalue weighted by Crippen LogP contribution is -2.34. The molecule has 0 aliphatic carbocycles. The molecule has 0 spiro atoms. The number of nitrogens with zero attached hydrogens (tertiary/aromatic N) is 2. The Hall–Kier alpha value is -1.33. The van der Waals surface area contributed by atoms with Crippen molar-refractivity contribution in [2.24, 2.45) is 5.92 Å². The Bertz CT molecular complexity index is 411. The molecule has 0 bridgehead atoms. The average molecular weight is 228 g/mol. The summed E-state index contributed by atoms with van der Waals surface area (Å²) in [7, 11) is 0. The predicted octanol–water partition coefficient (Wildman–Crippen LogP) is 3.04. The molecule has 1 heterocycles. The summed E-state index contributed by atoms with van der Waals surface area (Å²) >= 11 is 0. The summed E-state index contributed by atoms with van der Waals surface area (Å²) in [4.78, 5) is 2.41. The molecule has 2 heteroatoms. The van der Waals surface area contributed by atoms with Crippen molar-refractivity contribution in [3.05, 3.63) is 34.9 Å². The Morgan fingerprint density at radius 1 is 1.29 bits per heavy atom. The van der Waals surface area contributed by atoms with Crippen LogP contribution in [0.2, 0.25) is 0 Å². The van der Waals surface area contributed by atoms with Gasteiger partial charge in [-0.3, -0.25) is 4.90 Å². The molecular weight excluding hydrogens is 208 g/mol. The third kappa shape index (κ3) is 3.31. The van der Waals surface area contributed by atoms with E-state index >= 15 is 0 Å². The van der Waals surface area contributed by atoms with Crippen LogP contribution in [0.25, 0.3) is 0 Å². The maximum absolute atomic E-state index is 8.99. The molecule has 1 atom stereocenters. The zero-order chi connectivity index (χ0) is 12.3. The Kier molecular flexibility index (Phi) is 3.81. The molecule has 0 N–H and O–H groups in total. The first-order valence-corrected chi connectivity index (χ1v) is 6.36. The first kappa shape index (κ1) is 12.1. The molecule has 1 fully saturated rings. The van der Waals surface area contributed by atoms with Crippen LogP contribution >= 0.6 is 0 Å². The number of aryl methyl sites for hydroxylation is 2. The standard InChI is InChI=1S/C15H20N2/c1-12-6-13(2)8-15(7-12)11-17-5-3-4-14(9-16)10-17/h6-8,14H,3-5,10-11H2,1-2H3. The Morgan fingerprint density at radius 2 is 2.00 bits per heavy atom. The van der Waals surface area contributed by atoms with Crippen LogP contribution in [0.4, 0.5) is 0 Å². The van der Waals surface area contributed by atoms with E-state index in [0.29, 0.717) is 0 Å². The zero-order valence-electron chi connectivity index (χ0n) is 10.7. The minimum Gasteiger partial charge on any atom is -0.298 e. The molecule has 2 nitrogen and oxygen atoms in total. The smallest absolute Gasteiger partial charge is 0.0669 e. The highest BCUT2D eigenvalue weighted by molar-refractivity contribution is 5.28. The number of hydrogen-bond acceptors (Lipinski definition) is 2. The van der Waals surface area contributed by atoms with Crippen LogP contribution in [0.1, 0.15) is 29.5 Å². The van der Waals surface area contributed by atoms with Crippen LogP contribution in [-0.4, -0.2) is 18.0 Å². The molecule has 1 unspecified atom stereocenters. The van der Waals surface area contributed by atoms with Gasteiger partial charge in [-0.1, -0.05) is 29.3 Å². The summed E-state index contributed by atoms with van der Waals surface area (Å²) in [6.45, 7) is 7.34. The maximum Gasteiger partial charge on any atom is 0.0669 e. The molecule has 1 saturated heterocycles. The molecule has 1 aliphatic rings.